The van der Waals surface area contributed by atoms with Crippen LogP contribution < -0.4 is 14.8 Å². The molecule has 2 aromatic heterocycles. The van der Waals surface area contributed by atoms with Gasteiger partial charge in [0.2, 0.25) is 0 Å². The SMILES string of the molecule is O=C(Nc1ncnc2c1ncn2[C@]1(C(=O)Oc2ccccc2)O[C@H](CO)[C@@H](O)[C@H]1O)Oc1ccccc1. The van der Waals surface area contributed by atoms with Gasteiger partial charge in [-0.25, -0.2) is 24.5 Å². The van der Waals surface area contributed by atoms with Crippen LogP contribution in [0.4, 0.5) is 10.6 Å². The van der Waals surface area contributed by atoms with Crippen LogP contribution in [-0.2, 0) is 15.3 Å². The fourth-order valence-corrected chi connectivity index (χ4v) is 3.97. The standard InChI is InChI=1S/C24H21N5O8/c30-11-16-18(31)19(32)24(37-16,22(33)35-14-7-3-1-4-8-14)29-13-27-17-20(25-12-26-21(17)29)28-23(34)36-15-9-5-2-6-10-15/h1-10,12-13,16,18-19,30-32H,11H2,(H,25,26,28,34)/t16-,18-,19-,24+/m1/s1. The maximum Gasteiger partial charge on any atom is 0.418 e. The number of benzene rings is 2. The summed E-state index contributed by atoms with van der Waals surface area (Å²) in [5, 5.41) is 33.6. The van der Waals surface area contributed by atoms with E-state index in [1.165, 1.54) is 12.1 Å². The molecule has 0 spiro atoms. The van der Waals surface area contributed by atoms with E-state index in [2.05, 4.69) is 20.3 Å². The number of anilines is 1. The number of aromatic nitrogens is 4. The van der Waals surface area contributed by atoms with Crippen LogP contribution in [0, 0.1) is 0 Å². The molecule has 1 saturated heterocycles. The Morgan fingerprint density at radius 1 is 0.973 bits per heavy atom. The fourth-order valence-electron chi connectivity index (χ4n) is 3.97. The van der Waals surface area contributed by atoms with Crippen molar-refractivity contribution in [2.24, 2.45) is 0 Å². The summed E-state index contributed by atoms with van der Waals surface area (Å²) in [4.78, 5) is 38.2. The van der Waals surface area contributed by atoms with Crippen molar-refractivity contribution in [1.82, 2.24) is 19.5 Å². The topological polar surface area (TPSA) is 178 Å². The number of hydrogen-bond acceptors (Lipinski definition) is 11. The minimum Gasteiger partial charge on any atom is -0.423 e. The smallest absolute Gasteiger partial charge is 0.418 e. The van der Waals surface area contributed by atoms with Gasteiger partial charge in [0.25, 0.3) is 5.72 Å². The number of nitrogens with zero attached hydrogens (tertiary/aromatic N) is 4. The number of carbonyl (C=O) groups is 2. The van der Waals surface area contributed by atoms with E-state index >= 15 is 0 Å². The molecule has 1 aliphatic rings. The zero-order valence-corrected chi connectivity index (χ0v) is 19.0. The van der Waals surface area contributed by atoms with Crippen LogP contribution in [0.2, 0.25) is 0 Å². The molecule has 0 aliphatic carbocycles. The number of fused-ring (bicyclic) bond motifs is 1. The second-order valence-corrected chi connectivity index (χ2v) is 8.01. The zero-order valence-electron chi connectivity index (χ0n) is 19.0. The first-order valence-corrected chi connectivity index (χ1v) is 11.1. The summed E-state index contributed by atoms with van der Waals surface area (Å²) in [5.74, 6) is -0.709. The zero-order chi connectivity index (χ0) is 26.0. The molecule has 1 amide bonds. The van der Waals surface area contributed by atoms with E-state index in [0.29, 0.717) is 5.75 Å². The van der Waals surface area contributed by atoms with Crippen molar-refractivity contribution in [3.8, 4) is 11.5 Å². The molecule has 4 aromatic rings. The second-order valence-electron chi connectivity index (χ2n) is 8.01. The first kappa shape index (κ1) is 24.3. The normalized spacial score (nSPS) is 23.1. The molecule has 1 fully saturated rings. The molecule has 0 unspecified atom stereocenters. The number of esters is 1. The summed E-state index contributed by atoms with van der Waals surface area (Å²) >= 11 is 0. The maximum absolute atomic E-state index is 13.5. The van der Waals surface area contributed by atoms with Gasteiger partial charge in [0, 0.05) is 0 Å². The Morgan fingerprint density at radius 2 is 1.62 bits per heavy atom. The quantitative estimate of drug-likeness (QED) is 0.214. The molecule has 13 nitrogen and oxygen atoms in total. The number of hydrogen-bond donors (Lipinski definition) is 4. The van der Waals surface area contributed by atoms with E-state index < -0.39 is 42.7 Å². The molecule has 1 aliphatic heterocycles. The molecule has 190 valence electrons. The monoisotopic (exact) mass is 507 g/mol. The Morgan fingerprint density at radius 3 is 2.24 bits per heavy atom. The number of aliphatic hydroxyl groups excluding tert-OH is 3. The van der Waals surface area contributed by atoms with E-state index in [9.17, 15) is 24.9 Å². The summed E-state index contributed by atoms with van der Waals surface area (Å²) in [6, 6.07) is 16.4. The number of nitrogens with one attached hydrogen (secondary N) is 1. The molecular weight excluding hydrogens is 486 g/mol. The summed E-state index contributed by atoms with van der Waals surface area (Å²) in [6.07, 6.45) is -3.49. The Hall–Kier alpha value is -4.43. The van der Waals surface area contributed by atoms with Gasteiger partial charge in [-0.15, -0.1) is 0 Å². The van der Waals surface area contributed by atoms with Gasteiger partial charge < -0.3 is 29.5 Å². The van der Waals surface area contributed by atoms with Gasteiger partial charge in [-0.05, 0) is 24.3 Å². The molecule has 0 bridgehead atoms. The van der Waals surface area contributed by atoms with E-state index in [4.69, 9.17) is 14.2 Å². The highest BCUT2D eigenvalue weighted by molar-refractivity contribution is 5.95. The summed E-state index contributed by atoms with van der Waals surface area (Å²) in [7, 11) is 0. The van der Waals surface area contributed by atoms with E-state index in [-0.39, 0.29) is 22.7 Å². The first-order valence-electron chi connectivity index (χ1n) is 11.1. The molecule has 13 heteroatoms. The average molecular weight is 507 g/mol. The van der Waals surface area contributed by atoms with Gasteiger partial charge in [-0.2, -0.15) is 0 Å². The van der Waals surface area contributed by atoms with E-state index in [0.717, 1.165) is 17.2 Å². The minimum absolute atomic E-state index is 0.0251. The molecule has 2 aromatic carbocycles. The molecular formula is C24H21N5O8. The average Bonchev–Trinajstić information content (AvgIpc) is 3.45. The highest BCUT2D eigenvalue weighted by atomic mass is 16.6. The van der Waals surface area contributed by atoms with Crippen molar-refractivity contribution in [1.29, 1.82) is 0 Å². The van der Waals surface area contributed by atoms with E-state index in [1.807, 2.05) is 0 Å². The fraction of sp³-hybridized carbons (Fsp3) is 0.208. The Balaban J connectivity index is 1.53. The molecule has 0 saturated carbocycles. The van der Waals surface area contributed by atoms with Gasteiger partial charge in [0.1, 0.15) is 42.5 Å². The third kappa shape index (κ3) is 4.36. The van der Waals surface area contributed by atoms with Gasteiger partial charge in [-0.3, -0.25) is 9.88 Å². The lowest BCUT2D eigenvalue weighted by atomic mass is 10.0. The van der Waals surface area contributed by atoms with E-state index in [1.54, 1.807) is 48.5 Å². The van der Waals surface area contributed by atoms with Crippen LogP contribution in [0.15, 0.2) is 73.3 Å². The third-order valence-electron chi connectivity index (χ3n) is 5.73. The van der Waals surface area contributed by atoms with Crippen molar-refractivity contribution in [3.05, 3.63) is 73.3 Å². The Bertz CT molecular complexity index is 1420. The van der Waals surface area contributed by atoms with Crippen molar-refractivity contribution in [2.75, 3.05) is 11.9 Å². The lowest BCUT2D eigenvalue weighted by Crippen LogP contribution is -2.53. The van der Waals surface area contributed by atoms with Gasteiger partial charge in [0.15, 0.2) is 17.0 Å². The highest BCUT2D eigenvalue weighted by Gasteiger charge is 2.62. The Labute approximate surface area is 208 Å². The van der Waals surface area contributed by atoms with Crippen LogP contribution in [0.1, 0.15) is 0 Å². The van der Waals surface area contributed by atoms with Crippen molar-refractivity contribution < 1.29 is 39.1 Å². The van der Waals surface area contributed by atoms with Crippen LogP contribution >= 0.6 is 0 Å². The van der Waals surface area contributed by atoms with Gasteiger partial charge >= 0.3 is 12.1 Å². The lowest BCUT2D eigenvalue weighted by molar-refractivity contribution is -0.191. The minimum atomic E-state index is -2.38. The molecule has 4 atom stereocenters. The predicted molar refractivity (Wildman–Crippen MR) is 125 cm³/mol. The molecule has 4 N–H and O–H groups in total. The third-order valence-corrected chi connectivity index (χ3v) is 5.73. The molecule has 37 heavy (non-hydrogen) atoms. The highest BCUT2D eigenvalue weighted by Crippen LogP contribution is 2.39. The summed E-state index contributed by atoms with van der Waals surface area (Å²) in [5.41, 5.74) is -2.40. The van der Waals surface area contributed by atoms with Crippen LogP contribution in [-0.4, -0.2) is 71.8 Å². The van der Waals surface area contributed by atoms with Crippen molar-refractivity contribution in [2.45, 2.75) is 24.0 Å². The van der Waals surface area contributed by atoms with Crippen molar-refractivity contribution in [3.63, 3.8) is 0 Å². The molecule has 3 heterocycles. The second kappa shape index (κ2) is 9.91. The van der Waals surface area contributed by atoms with Gasteiger partial charge in [0.05, 0.1) is 6.61 Å². The number of amides is 1. The Kier molecular flexibility index (Phi) is 6.50. The summed E-state index contributed by atoms with van der Waals surface area (Å²) in [6.45, 7) is -0.696. The number of rotatable bonds is 6. The first-order chi connectivity index (χ1) is 17.9. The van der Waals surface area contributed by atoms with Crippen LogP contribution in [0.5, 0.6) is 11.5 Å². The lowest BCUT2D eigenvalue weighted by Gasteiger charge is -2.30. The summed E-state index contributed by atoms with van der Waals surface area (Å²) < 4.78 is 17.5. The number of aliphatic hydroxyl groups is 3. The number of ether oxygens (including phenoxy) is 3. The molecule has 0 radical (unpaired) electrons. The van der Waals surface area contributed by atoms with Crippen LogP contribution in [0.3, 0.4) is 0 Å². The predicted octanol–water partition coefficient (Wildman–Crippen LogP) is 0.808. The van der Waals surface area contributed by atoms with Crippen LogP contribution in [0.25, 0.3) is 11.2 Å². The number of para-hydroxylation sites is 2. The number of imidazole rings is 1. The largest absolute Gasteiger partial charge is 0.423 e. The van der Waals surface area contributed by atoms with Gasteiger partial charge in [-0.1, -0.05) is 36.4 Å². The number of carbonyl (C=O) groups excluding carboxylic acids is 2. The molecule has 5 rings (SSSR count). The van der Waals surface area contributed by atoms with Crippen molar-refractivity contribution >= 4 is 29.0 Å². The maximum atomic E-state index is 13.5.